The predicted octanol–water partition coefficient (Wildman–Crippen LogP) is 3.92. The maximum absolute atomic E-state index is 13.5. The second-order valence-corrected chi connectivity index (χ2v) is 6.64. The van der Waals surface area contributed by atoms with Crippen molar-refractivity contribution in [2.75, 3.05) is 6.54 Å². The van der Waals surface area contributed by atoms with Gasteiger partial charge in [-0.3, -0.25) is 4.79 Å². The third kappa shape index (κ3) is 6.98. The Labute approximate surface area is 158 Å². The van der Waals surface area contributed by atoms with Crippen molar-refractivity contribution in [2.24, 2.45) is 0 Å². The number of carbonyl (C=O) groups excluding carboxylic acids is 1. The number of benzene rings is 2. The summed E-state index contributed by atoms with van der Waals surface area (Å²) in [6, 6.07) is 10.3. The van der Waals surface area contributed by atoms with Gasteiger partial charge in [-0.1, -0.05) is 12.1 Å². The highest BCUT2D eigenvalue weighted by Gasteiger charge is 2.11. The molecule has 2 aromatic carbocycles. The first-order valence-corrected chi connectivity index (χ1v) is 9.00. The topological polar surface area (TPSA) is 58.6 Å². The number of carbonyl (C=O) groups is 1. The van der Waals surface area contributed by atoms with Gasteiger partial charge in [0.2, 0.25) is 5.91 Å². The van der Waals surface area contributed by atoms with E-state index in [-0.39, 0.29) is 37.0 Å². The van der Waals surface area contributed by atoms with Crippen LogP contribution in [-0.2, 0) is 11.2 Å². The number of nitrogens with one attached hydrogen (secondary N) is 1. The minimum Gasteiger partial charge on any atom is -0.491 e. The summed E-state index contributed by atoms with van der Waals surface area (Å²) >= 11 is 0. The highest BCUT2D eigenvalue weighted by atomic mass is 19.1. The largest absolute Gasteiger partial charge is 0.491 e. The van der Waals surface area contributed by atoms with E-state index in [1.807, 2.05) is 13.8 Å². The molecule has 2 rings (SSSR count). The van der Waals surface area contributed by atoms with E-state index in [9.17, 15) is 18.7 Å². The molecular formula is C21H25F2NO3. The zero-order valence-corrected chi connectivity index (χ0v) is 15.5. The summed E-state index contributed by atoms with van der Waals surface area (Å²) in [7, 11) is 0. The highest BCUT2D eigenvalue weighted by Crippen LogP contribution is 2.18. The molecule has 1 amide bonds. The van der Waals surface area contributed by atoms with Crippen LogP contribution in [-0.4, -0.2) is 23.7 Å². The van der Waals surface area contributed by atoms with Crippen molar-refractivity contribution in [3.05, 3.63) is 65.2 Å². The average molecular weight is 377 g/mol. The molecule has 4 nitrogen and oxygen atoms in total. The van der Waals surface area contributed by atoms with Crippen LogP contribution in [0.4, 0.5) is 8.78 Å². The summed E-state index contributed by atoms with van der Waals surface area (Å²) in [5.41, 5.74) is 0.930. The van der Waals surface area contributed by atoms with E-state index in [1.54, 1.807) is 24.3 Å². The van der Waals surface area contributed by atoms with Crippen molar-refractivity contribution >= 4 is 5.91 Å². The molecule has 0 fully saturated rings. The molecule has 146 valence electrons. The van der Waals surface area contributed by atoms with E-state index in [4.69, 9.17) is 4.74 Å². The van der Waals surface area contributed by atoms with E-state index in [2.05, 4.69) is 5.32 Å². The summed E-state index contributed by atoms with van der Waals surface area (Å²) in [6.07, 6.45) is 0.0770. The van der Waals surface area contributed by atoms with Crippen LogP contribution in [0.25, 0.3) is 0 Å². The normalized spacial score (nSPS) is 12.1. The second-order valence-electron chi connectivity index (χ2n) is 6.64. The van der Waals surface area contributed by atoms with Crippen LogP contribution in [0.3, 0.4) is 0 Å². The van der Waals surface area contributed by atoms with Gasteiger partial charge in [0.1, 0.15) is 17.4 Å². The Kier molecular flexibility index (Phi) is 7.73. The van der Waals surface area contributed by atoms with Crippen molar-refractivity contribution in [3.63, 3.8) is 0 Å². The van der Waals surface area contributed by atoms with Crippen molar-refractivity contribution < 1.29 is 23.4 Å². The van der Waals surface area contributed by atoms with Crippen LogP contribution in [0.1, 0.15) is 43.9 Å². The first-order chi connectivity index (χ1) is 12.8. The molecule has 0 aliphatic heterocycles. The molecule has 0 heterocycles. The zero-order chi connectivity index (χ0) is 19.8. The van der Waals surface area contributed by atoms with E-state index in [0.29, 0.717) is 12.0 Å². The Bertz CT molecular complexity index is 748. The van der Waals surface area contributed by atoms with Crippen molar-refractivity contribution in [1.82, 2.24) is 5.32 Å². The molecule has 2 aromatic rings. The van der Waals surface area contributed by atoms with Crippen LogP contribution < -0.4 is 10.1 Å². The quantitative estimate of drug-likeness (QED) is 0.696. The molecule has 0 bridgehead atoms. The minimum atomic E-state index is -0.831. The molecule has 0 saturated carbocycles. The van der Waals surface area contributed by atoms with E-state index < -0.39 is 17.7 Å². The lowest BCUT2D eigenvalue weighted by Gasteiger charge is -2.14. The van der Waals surface area contributed by atoms with Crippen LogP contribution >= 0.6 is 0 Å². The lowest BCUT2D eigenvalue weighted by molar-refractivity contribution is -0.121. The SMILES string of the molecule is CC(C)Oc1ccc(C(O)CNC(=O)CCCc2cc(F)ccc2F)cc1. The molecule has 27 heavy (non-hydrogen) atoms. The molecule has 0 aliphatic rings. The van der Waals surface area contributed by atoms with Gasteiger partial charge in [-0.15, -0.1) is 0 Å². The van der Waals surface area contributed by atoms with Gasteiger partial charge in [-0.2, -0.15) is 0 Å². The number of aryl methyl sites for hydroxylation is 1. The Balaban J connectivity index is 1.73. The van der Waals surface area contributed by atoms with Crippen molar-refractivity contribution in [3.8, 4) is 5.75 Å². The number of rotatable bonds is 9. The molecule has 0 radical (unpaired) electrons. The van der Waals surface area contributed by atoms with Gasteiger partial charge in [0.25, 0.3) is 0 Å². The maximum atomic E-state index is 13.5. The summed E-state index contributed by atoms with van der Waals surface area (Å²) in [5.74, 6) is -0.499. The number of aliphatic hydroxyl groups excluding tert-OH is 1. The van der Waals surface area contributed by atoms with Gasteiger partial charge < -0.3 is 15.2 Å². The Hall–Kier alpha value is -2.47. The standard InChI is InChI=1S/C21H25F2NO3/c1-14(2)27-18-9-6-15(7-10-18)20(25)13-24-21(26)5-3-4-16-12-17(22)8-11-19(16)23/h6-12,14,20,25H,3-5,13H2,1-2H3,(H,24,26). The Morgan fingerprint density at radius 1 is 1.15 bits per heavy atom. The first-order valence-electron chi connectivity index (χ1n) is 9.00. The predicted molar refractivity (Wildman–Crippen MR) is 99.5 cm³/mol. The van der Waals surface area contributed by atoms with Crippen LogP contribution in [0.2, 0.25) is 0 Å². The van der Waals surface area contributed by atoms with Gasteiger partial charge in [0.05, 0.1) is 12.2 Å². The highest BCUT2D eigenvalue weighted by molar-refractivity contribution is 5.75. The molecule has 1 unspecified atom stereocenters. The maximum Gasteiger partial charge on any atom is 0.220 e. The van der Waals surface area contributed by atoms with Crippen molar-refractivity contribution in [2.45, 2.75) is 45.3 Å². The number of hydrogen-bond acceptors (Lipinski definition) is 3. The fraction of sp³-hybridized carbons (Fsp3) is 0.381. The zero-order valence-electron chi connectivity index (χ0n) is 15.5. The van der Waals surface area contributed by atoms with E-state index in [0.717, 1.165) is 23.9 Å². The lowest BCUT2D eigenvalue weighted by Crippen LogP contribution is -2.28. The minimum absolute atomic E-state index is 0.0703. The van der Waals surface area contributed by atoms with Gasteiger partial charge in [0.15, 0.2) is 0 Å². The Morgan fingerprint density at radius 2 is 1.85 bits per heavy atom. The molecule has 0 spiro atoms. The van der Waals surface area contributed by atoms with E-state index >= 15 is 0 Å². The third-order valence-corrected chi connectivity index (χ3v) is 3.99. The van der Waals surface area contributed by atoms with E-state index in [1.165, 1.54) is 0 Å². The lowest BCUT2D eigenvalue weighted by atomic mass is 10.1. The summed E-state index contributed by atoms with van der Waals surface area (Å²) < 4.78 is 32.2. The molecule has 0 aliphatic carbocycles. The molecule has 6 heteroatoms. The second kappa shape index (κ2) is 10.0. The average Bonchev–Trinajstić information content (AvgIpc) is 2.62. The molecule has 2 N–H and O–H groups in total. The number of hydrogen-bond donors (Lipinski definition) is 2. The van der Waals surface area contributed by atoms with Crippen LogP contribution in [0, 0.1) is 11.6 Å². The van der Waals surface area contributed by atoms with Gasteiger partial charge in [-0.05, 0) is 68.1 Å². The third-order valence-electron chi connectivity index (χ3n) is 3.99. The number of halogens is 2. The monoisotopic (exact) mass is 377 g/mol. The molecule has 0 aromatic heterocycles. The molecular weight excluding hydrogens is 352 g/mol. The van der Waals surface area contributed by atoms with Crippen LogP contribution in [0.15, 0.2) is 42.5 Å². The summed E-state index contributed by atoms with van der Waals surface area (Å²) in [6.45, 7) is 3.94. The first kappa shape index (κ1) is 20.8. The number of aliphatic hydroxyl groups is 1. The van der Waals surface area contributed by atoms with Gasteiger partial charge in [-0.25, -0.2) is 8.78 Å². The van der Waals surface area contributed by atoms with Crippen molar-refractivity contribution in [1.29, 1.82) is 0 Å². The fourth-order valence-corrected chi connectivity index (χ4v) is 2.63. The Morgan fingerprint density at radius 3 is 2.52 bits per heavy atom. The van der Waals surface area contributed by atoms with Gasteiger partial charge in [0, 0.05) is 13.0 Å². The number of amides is 1. The number of ether oxygens (including phenoxy) is 1. The molecule has 0 saturated heterocycles. The van der Waals surface area contributed by atoms with Crippen LogP contribution in [0.5, 0.6) is 5.75 Å². The van der Waals surface area contributed by atoms with Gasteiger partial charge >= 0.3 is 0 Å². The fourth-order valence-electron chi connectivity index (χ4n) is 2.63. The summed E-state index contributed by atoms with van der Waals surface area (Å²) in [4.78, 5) is 11.9. The molecule has 1 atom stereocenters. The smallest absolute Gasteiger partial charge is 0.220 e. The summed E-state index contributed by atoms with van der Waals surface area (Å²) in [5, 5.41) is 12.8.